The lowest BCUT2D eigenvalue weighted by Crippen LogP contribution is -2.40. The van der Waals surface area contributed by atoms with Gasteiger partial charge in [0.25, 0.3) is 5.91 Å². The standard InChI is InChI=1S/C10H16N2O3/c1-7-5-6-8(13)12(11-7)9(14)15-10(2,3)4/h5-6H2,1-4H3. The Balaban J connectivity index is 2.74. The second kappa shape index (κ2) is 4.00. The Morgan fingerprint density at radius 2 is 2.00 bits per heavy atom. The molecule has 0 unspecified atom stereocenters. The van der Waals surface area contributed by atoms with E-state index in [2.05, 4.69) is 5.10 Å². The first kappa shape index (κ1) is 11.7. The van der Waals surface area contributed by atoms with E-state index in [0.717, 1.165) is 10.7 Å². The lowest BCUT2D eigenvalue weighted by molar-refractivity contribution is -0.130. The zero-order chi connectivity index (χ0) is 11.6. The molecule has 0 saturated heterocycles. The van der Waals surface area contributed by atoms with Crippen molar-refractivity contribution in [1.82, 2.24) is 5.01 Å². The van der Waals surface area contributed by atoms with Gasteiger partial charge in [-0.15, -0.1) is 5.01 Å². The molecule has 15 heavy (non-hydrogen) atoms. The van der Waals surface area contributed by atoms with Crippen LogP contribution in [0.1, 0.15) is 40.5 Å². The number of carbonyl (C=O) groups is 2. The summed E-state index contributed by atoms with van der Waals surface area (Å²) in [5.41, 5.74) is 0.151. The van der Waals surface area contributed by atoms with Crippen LogP contribution in [0.15, 0.2) is 5.10 Å². The normalized spacial score (nSPS) is 17.5. The number of hydrazone groups is 1. The smallest absolute Gasteiger partial charge is 0.438 e. The van der Waals surface area contributed by atoms with Gasteiger partial charge in [0.05, 0.1) is 0 Å². The Morgan fingerprint density at radius 1 is 1.40 bits per heavy atom. The summed E-state index contributed by atoms with van der Waals surface area (Å²) in [5, 5.41) is 4.68. The highest BCUT2D eigenvalue weighted by Crippen LogP contribution is 2.14. The Kier molecular flexibility index (Phi) is 3.12. The predicted octanol–water partition coefficient (Wildman–Crippen LogP) is 1.92. The van der Waals surface area contributed by atoms with Gasteiger partial charge < -0.3 is 4.74 Å². The van der Waals surface area contributed by atoms with Crippen LogP contribution in [0.25, 0.3) is 0 Å². The fourth-order valence-electron chi connectivity index (χ4n) is 1.12. The van der Waals surface area contributed by atoms with Gasteiger partial charge in [0, 0.05) is 12.1 Å². The molecule has 0 N–H and O–H groups in total. The molecule has 5 nitrogen and oxygen atoms in total. The lowest BCUT2D eigenvalue weighted by Gasteiger charge is -2.25. The van der Waals surface area contributed by atoms with Gasteiger partial charge in [0.2, 0.25) is 0 Å². The van der Waals surface area contributed by atoms with E-state index in [1.165, 1.54) is 0 Å². The largest absolute Gasteiger partial charge is 0.442 e. The molecule has 84 valence electrons. The summed E-state index contributed by atoms with van der Waals surface area (Å²) >= 11 is 0. The van der Waals surface area contributed by atoms with Crippen molar-refractivity contribution in [2.45, 2.75) is 46.1 Å². The fraction of sp³-hybridized carbons (Fsp3) is 0.700. The molecule has 0 bridgehead atoms. The zero-order valence-electron chi connectivity index (χ0n) is 9.53. The summed E-state index contributed by atoms with van der Waals surface area (Å²) in [6.07, 6.45) is 0.221. The minimum Gasteiger partial charge on any atom is -0.442 e. The average Bonchev–Trinajstić information content (AvgIpc) is 2.06. The monoisotopic (exact) mass is 212 g/mol. The third kappa shape index (κ3) is 3.34. The zero-order valence-corrected chi connectivity index (χ0v) is 9.53. The number of carbonyl (C=O) groups excluding carboxylic acids is 2. The Morgan fingerprint density at radius 3 is 2.53 bits per heavy atom. The van der Waals surface area contributed by atoms with Crippen LogP contribution in [0.3, 0.4) is 0 Å². The summed E-state index contributed by atoms with van der Waals surface area (Å²) in [5.74, 6) is -0.310. The van der Waals surface area contributed by atoms with Gasteiger partial charge in [-0.25, -0.2) is 4.79 Å². The number of ether oxygens (including phenoxy) is 1. The van der Waals surface area contributed by atoms with E-state index in [9.17, 15) is 9.59 Å². The highest BCUT2D eigenvalue weighted by atomic mass is 16.6. The number of rotatable bonds is 0. The van der Waals surface area contributed by atoms with Gasteiger partial charge in [-0.2, -0.15) is 5.10 Å². The molecule has 0 spiro atoms. The molecule has 0 fully saturated rings. The van der Waals surface area contributed by atoms with Crippen molar-refractivity contribution in [3.05, 3.63) is 0 Å². The number of hydrogen-bond donors (Lipinski definition) is 0. The molecule has 1 aliphatic heterocycles. The van der Waals surface area contributed by atoms with Crippen LogP contribution in [0.2, 0.25) is 0 Å². The Bertz CT molecular complexity index is 315. The minimum absolute atomic E-state index is 0.310. The second-order valence-electron chi connectivity index (χ2n) is 4.52. The first-order valence-electron chi connectivity index (χ1n) is 4.89. The quantitative estimate of drug-likeness (QED) is 0.616. The van der Waals surface area contributed by atoms with Gasteiger partial charge in [-0.05, 0) is 34.1 Å². The average molecular weight is 212 g/mol. The third-order valence-corrected chi connectivity index (χ3v) is 1.77. The van der Waals surface area contributed by atoms with Crippen LogP contribution >= 0.6 is 0 Å². The highest BCUT2D eigenvalue weighted by molar-refractivity contribution is 5.98. The summed E-state index contributed by atoms with van der Waals surface area (Å²) < 4.78 is 5.06. The molecule has 5 heteroatoms. The van der Waals surface area contributed by atoms with Gasteiger partial charge >= 0.3 is 6.09 Å². The van der Waals surface area contributed by atoms with E-state index in [1.54, 1.807) is 27.7 Å². The summed E-state index contributed by atoms with van der Waals surface area (Å²) in [7, 11) is 0. The van der Waals surface area contributed by atoms with E-state index < -0.39 is 11.7 Å². The molecule has 0 aromatic rings. The summed E-state index contributed by atoms with van der Waals surface area (Å²) in [4.78, 5) is 22.9. The van der Waals surface area contributed by atoms with Crippen molar-refractivity contribution < 1.29 is 14.3 Å². The molecular formula is C10H16N2O3. The number of imide groups is 1. The number of nitrogens with zero attached hydrogens (tertiary/aromatic N) is 2. The van der Waals surface area contributed by atoms with Crippen molar-refractivity contribution in [3.8, 4) is 0 Å². The van der Waals surface area contributed by atoms with Gasteiger partial charge in [-0.1, -0.05) is 0 Å². The molecule has 1 rings (SSSR count). The van der Waals surface area contributed by atoms with Gasteiger partial charge in [0.1, 0.15) is 5.60 Å². The molecule has 0 atom stereocenters. The fourth-order valence-corrected chi connectivity index (χ4v) is 1.12. The first-order valence-corrected chi connectivity index (χ1v) is 4.89. The van der Waals surface area contributed by atoms with Crippen LogP contribution < -0.4 is 0 Å². The molecule has 0 aromatic heterocycles. The number of hydrogen-bond acceptors (Lipinski definition) is 4. The SMILES string of the molecule is CC1=NN(C(=O)OC(C)(C)C)C(=O)CC1. The molecule has 1 aliphatic rings. The van der Waals surface area contributed by atoms with E-state index >= 15 is 0 Å². The molecule has 1 heterocycles. The Hall–Kier alpha value is -1.39. The minimum atomic E-state index is -0.702. The van der Waals surface area contributed by atoms with Gasteiger partial charge in [0.15, 0.2) is 0 Å². The maximum absolute atomic E-state index is 11.5. The molecule has 0 radical (unpaired) electrons. The van der Waals surface area contributed by atoms with Gasteiger partial charge in [-0.3, -0.25) is 4.79 Å². The van der Waals surface area contributed by atoms with Crippen molar-refractivity contribution >= 4 is 17.7 Å². The lowest BCUT2D eigenvalue weighted by atomic mass is 10.2. The third-order valence-electron chi connectivity index (χ3n) is 1.77. The van der Waals surface area contributed by atoms with Crippen molar-refractivity contribution in [3.63, 3.8) is 0 Å². The van der Waals surface area contributed by atoms with E-state index in [1.807, 2.05) is 0 Å². The van der Waals surface area contributed by atoms with E-state index in [-0.39, 0.29) is 5.91 Å². The van der Waals surface area contributed by atoms with Crippen molar-refractivity contribution in [1.29, 1.82) is 0 Å². The molecule has 0 aromatic carbocycles. The Labute approximate surface area is 89.1 Å². The van der Waals surface area contributed by atoms with E-state index in [4.69, 9.17) is 4.74 Å². The van der Waals surface area contributed by atoms with E-state index in [0.29, 0.717) is 12.8 Å². The van der Waals surface area contributed by atoms with Crippen LogP contribution in [0.5, 0.6) is 0 Å². The predicted molar refractivity (Wildman–Crippen MR) is 55.4 cm³/mol. The van der Waals surface area contributed by atoms with Crippen molar-refractivity contribution in [2.24, 2.45) is 5.10 Å². The molecule has 0 aliphatic carbocycles. The maximum atomic E-state index is 11.5. The molecular weight excluding hydrogens is 196 g/mol. The topological polar surface area (TPSA) is 59.0 Å². The van der Waals surface area contributed by atoms with Crippen LogP contribution in [0, 0.1) is 0 Å². The van der Waals surface area contributed by atoms with Crippen LogP contribution in [0.4, 0.5) is 4.79 Å². The molecule has 0 saturated carbocycles. The van der Waals surface area contributed by atoms with Crippen molar-refractivity contribution in [2.75, 3.05) is 0 Å². The van der Waals surface area contributed by atoms with Crippen LogP contribution in [-0.4, -0.2) is 28.3 Å². The first-order chi connectivity index (χ1) is 6.79. The highest BCUT2D eigenvalue weighted by Gasteiger charge is 2.29. The second-order valence-corrected chi connectivity index (χ2v) is 4.52. The number of amides is 2. The summed E-state index contributed by atoms with van der Waals surface area (Å²) in [6.45, 7) is 7.02. The summed E-state index contributed by atoms with van der Waals surface area (Å²) in [6, 6.07) is 0. The van der Waals surface area contributed by atoms with Crippen LogP contribution in [-0.2, 0) is 9.53 Å². The maximum Gasteiger partial charge on any atom is 0.438 e. The molecule has 2 amide bonds.